The summed E-state index contributed by atoms with van der Waals surface area (Å²) in [7, 11) is 2.15. The number of nitrogens with one attached hydrogen (secondary N) is 1. The van der Waals surface area contributed by atoms with E-state index >= 15 is 0 Å². The number of nitrogens with zero attached hydrogens (tertiary/aromatic N) is 1. The van der Waals surface area contributed by atoms with Gasteiger partial charge in [0.25, 0.3) is 0 Å². The smallest absolute Gasteiger partial charge is 0.0658 e. The number of rotatable bonds is 7. The van der Waals surface area contributed by atoms with Gasteiger partial charge in [0.15, 0.2) is 0 Å². The zero-order valence-electron chi connectivity index (χ0n) is 10.8. The Morgan fingerprint density at radius 2 is 2.06 bits per heavy atom. The quantitative estimate of drug-likeness (QED) is 0.570. The Morgan fingerprint density at radius 3 is 2.71 bits per heavy atom. The van der Waals surface area contributed by atoms with Crippen LogP contribution < -0.4 is 5.32 Å². The first-order valence-corrected chi connectivity index (χ1v) is 6.14. The fraction of sp³-hybridized carbons (Fsp3) is 0.467. The summed E-state index contributed by atoms with van der Waals surface area (Å²) in [5.41, 5.74) is 1.36. The number of benzene rings is 1. The van der Waals surface area contributed by atoms with Crippen molar-refractivity contribution in [2.75, 3.05) is 20.1 Å². The molecule has 2 heteroatoms. The molecule has 0 heterocycles. The summed E-state index contributed by atoms with van der Waals surface area (Å²) in [6.07, 6.45) is 6.41. The highest BCUT2D eigenvalue weighted by Crippen LogP contribution is 2.02. The van der Waals surface area contributed by atoms with Crippen molar-refractivity contribution in [3.05, 3.63) is 35.9 Å². The van der Waals surface area contributed by atoms with Crippen LogP contribution in [0.15, 0.2) is 30.3 Å². The maximum atomic E-state index is 5.29. The average molecular weight is 230 g/mol. The molecule has 1 rings (SSSR count). The highest BCUT2D eigenvalue weighted by Gasteiger charge is 2.00. The van der Waals surface area contributed by atoms with Crippen LogP contribution in [0.5, 0.6) is 0 Å². The van der Waals surface area contributed by atoms with Gasteiger partial charge in [-0.25, -0.2) is 0 Å². The van der Waals surface area contributed by atoms with Crippen LogP contribution in [-0.4, -0.2) is 31.1 Å². The van der Waals surface area contributed by atoms with Crippen LogP contribution in [0.1, 0.15) is 18.9 Å². The third-order valence-corrected chi connectivity index (χ3v) is 2.71. The van der Waals surface area contributed by atoms with E-state index in [1.165, 1.54) is 5.56 Å². The van der Waals surface area contributed by atoms with E-state index in [0.29, 0.717) is 0 Å². The molecular formula is C15H22N2. The Hall–Kier alpha value is -1.30. The number of hydrogen-bond donors (Lipinski definition) is 1. The minimum atomic E-state index is 0.175. The summed E-state index contributed by atoms with van der Waals surface area (Å²) in [5.74, 6) is 2.67. The molecule has 0 spiro atoms. The van der Waals surface area contributed by atoms with Crippen molar-refractivity contribution in [2.45, 2.75) is 25.9 Å². The molecule has 0 saturated carbocycles. The Balaban J connectivity index is 2.14. The van der Waals surface area contributed by atoms with Gasteiger partial charge in [-0.3, -0.25) is 0 Å². The van der Waals surface area contributed by atoms with Crippen molar-refractivity contribution < 1.29 is 0 Å². The Kier molecular flexibility index (Phi) is 6.39. The minimum Gasteiger partial charge on any atom is -0.304 e. The van der Waals surface area contributed by atoms with Crippen molar-refractivity contribution in [2.24, 2.45) is 0 Å². The Labute approximate surface area is 105 Å². The number of terminal acetylenes is 1. The second kappa shape index (κ2) is 7.89. The van der Waals surface area contributed by atoms with Gasteiger partial charge in [0.2, 0.25) is 0 Å². The molecule has 0 aliphatic carbocycles. The molecule has 0 aromatic heterocycles. The predicted octanol–water partition coefficient (Wildman–Crippen LogP) is 2.12. The molecule has 1 atom stereocenters. The highest BCUT2D eigenvalue weighted by molar-refractivity contribution is 5.14. The molecule has 1 aromatic rings. The van der Waals surface area contributed by atoms with Gasteiger partial charge in [-0.05, 0) is 39.0 Å². The lowest BCUT2D eigenvalue weighted by molar-refractivity contribution is 0.319. The third-order valence-electron chi connectivity index (χ3n) is 2.71. The largest absolute Gasteiger partial charge is 0.304 e. The summed E-state index contributed by atoms with van der Waals surface area (Å²) in [5, 5.41) is 3.29. The van der Waals surface area contributed by atoms with E-state index in [0.717, 1.165) is 26.1 Å². The summed E-state index contributed by atoms with van der Waals surface area (Å²) in [6.45, 7) is 5.07. The van der Waals surface area contributed by atoms with Gasteiger partial charge in [0.1, 0.15) is 0 Å². The van der Waals surface area contributed by atoms with Gasteiger partial charge in [-0.15, -0.1) is 6.42 Å². The van der Waals surface area contributed by atoms with Crippen molar-refractivity contribution in [1.82, 2.24) is 10.2 Å². The fourth-order valence-electron chi connectivity index (χ4n) is 1.70. The van der Waals surface area contributed by atoms with Crippen LogP contribution in [-0.2, 0) is 6.54 Å². The zero-order valence-corrected chi connectivity index (χ0v) is 10.8. The molecule has 0 amide bonds. The van der Waals surface area contributed by atoms with Gasteiger partial charge in [-0.1, -0.05) is 36.3 Å². The van der Waals surface area contributed by atoms with Crippen molar-refractivity contribution in [3.63, 3.8) is 0 Å². The predicted molar refractivity (Wildman–Crippen MR) is 73.7 cm³/mol. The molecule has 0 aliphatic rings. The lowest BCUT2D eigenvalue weighted by Crippen LogP contribution is -2.28. The van der Waals surface area contributed by atoms with Crippen LogP contribution in [0.3, 0.4) is 0 Å². The summed E-state index contributed by atoms with van der Waals surface area (Å²) in [4.78, 5) is 2.33. The van der Waals surface area contributed by atoms with Crippen LogP contribution in [0.2, 0.25) is 0 Å². The van der Waals surface area contributed by atoms with E-state index in [2.05, 4.69) is 53.5 Å². The molecule has 0 fully saturated rings. The van der Waals surface area contributed by atoms with Gasteiger partial charge in [0.05, 0.1) is 6.04 Å². The van der Waals surface area contributed by atoms with Gasteiger partial charge < -0.3 is 10.2 Å². The van der Waals surface area contributed by atoms with Crippen LogP contribution >= 0.6 is 0 Å². The van der Waals surface area contributed by atoms with Gasteiger partial charge >= 0.3 is 0 Å². The van der Waals surface area contributed by atoms with Gasteiger partial charge in [0, 0.05) is 6.54 Å². The minimum absolute atomic E-state index is 0.175. The Bertz CT molecular complexity index is 340. The van der Waals surface area contributed by atoms with Crippen LogP contribution in [0.4, 0.5) is 0 Å². The first kappa shape index (κ1) is 13.8. The third kappa shape index (κ3) is 6.11. The fourth-order valence-corrected chi connectivity index (χ4v) is 1.70. The summed E-state index contributed by atoms with van der Waals surface area (Å²) >= 11 is 0. The summed E-state index contributed by atoms with van der Waals surface area (Å²) in [6, 6.07) is 10.7. The van der Waals surface area contributed by atoms with E-state index in [1.54, 1.807) is 0 Å². The zero-order chi connectivity index (χ0) is 12.5. The molecule has 0 aliphatic heterocycles. The van der Waals surface area contributed by atoms with Gasteiger partial charge in [-0.2, -0.15) is 0 Å². The second-order valence-electron chi connectivity index (χ2n) is 4.42. The van der Waals surface area contributed by atoms with E-state index in [-0.39, 0.29) is 6.04 Å². The monoisotopic (exact) mass is 230 g/mol. The lowest BCUT2D eigenvalue weighted by Gasteiger charge is -2.17. The molecular weight excluding hydrogens is 208 g/mol. The van der Waals surface area contributed by atoms with Crippen LogP contribution in [0.25, 0.3) is 0 Å². The second-order valence-corrected chi connectivity index (χ2v) is 4.42. The van der Waals surface area contributed by atoms with Crippen molar-refractivity contribution >= 4 is 0 Å². The highest BCUT2D eigenvalue weighted by atomic mass is 15.1. The first-order chi connectivity index (χ1) is 8.22. The molecule has 1 N–H and O–H groups in total. The SMILES string of the molecule is C#CC(C)NCCCN(C)Cc1ccccc1. The van der Waals surface area contributed by atoms with E-state index in [9.17, 15) is 0 Å². The molecule has 17 heavy (non-hydrogen) atoms. The lowest BCUT2D eigenvalue weighted by atomic mass is 10.2. The molecule has 92 valence electrons. The molecule has 0 bridgehead atoms. The summed E-state index contributed by atoms with van der Waals surface area (Å²) < 4.78 is 0. The van der Waals surface area contributed by atoms with Crippen LogP contribution in [0, 0.1) is 12.3 Å². The maximum Gasteiger partial charge on any atom is 0.0658 e. The van der Waals surface area contributed by atoms with Crippen molar-refractivity contribution in [3.8, 4) is 12.3 Å². The van der Waals surface area contributed by atoms with Crippen molar-refractivity contribution in [1.29, 1.82) is 0 Å². The molecule has 0 radical (unpaired) electrons. The topological polar surface area (TPSA) is 15.3 Å². The number of hydrogen-bond acceptors (Lipinski definition) is 2. The molecule has 2 nitrogen and oxygen atoms in total. The first-order valence-electron chi connectivity index (χ1n) is 6.14. The molecule has 1 unspecified atom stereocenters. The normalized spacial score (nSPS) is 12.4. The standard InChI is InChI=1S/C15H22N2/c1-4-14(2)16-11-8-12-17(3)13-15-9-6-5-7-10-15/h1,5-7,9-10,14,16H,8,11-13H2,2-3H3. The average Bonchev–Trinajstić information content (AvgIpc) is 2.35. The van der Waals surface area contributed by atoms with E-state index in [1.807, 2.05) is 6.92 Å². The molecule has 0 saturated heterocycles. The maximum absolute atomic E-state index is 5.29. The Morgan fingerprint density at radius 1 is 1.35 bits per heavy atom. The van der Waals surface area contributed by atoms with E-state index in [4.69, 9.17) is 6.42 Å². The molecule has 1 aromatic carbocycles. The van der Waals surface area contributed by atoms with E-state index < -0.39 is 0 Å².